The average Bonchev–Trinajstić information content (AvgIpc) is 3.92. The molecule has 0 saturated heterocycles. The van der Waals surface area contributed by atoms with Gasteiger partial charge in [-0.1, -0.05) is 194 Å². The van der Waals surface area contributed by atoms with Crippen molar-refractivity contribution in [3.05, 3.63) is 229 Å². The van der Waals surface area contributed by atoms with Crippen LogP contribution in [0.3, 0.4) is 0 Å². The summed E-state index contributed by atoms with van der Waals surface area (Å²) < 4.78 is 2.70. The van der Waals surface area contributed by atoms with Crippen LogP contribution in [0.1, 0.15) is 22.3 Å². The van der Waals surface area contributed by atoms with Crippen LogP contribution in [-0.2, 0) is 5.41 Å². The number of hydrogen-bond acceptors (Lipinski definition) is 1. The van der Waals surface area contributed by atoms with Crippen molar-refractivity contribution in [3.63, 3.8) is 0 Å². The van der Waals surface area contributed by atoms with Gasteiger partial charge in [0.15, 0.2) is 0 Å². The van der Waals surface area contributed by atoms with Gasteiger partial charge in [0, 0.05) is 25.7 Å². The van der Waals surface area contributed by atoms with E-state index >= 15 is 0 Å². The van der Waals surface area contributed by atoms with E-state index in [1.165, 1.54) is 120 Å². The second-order valence-corrected chi connectivity index (χ2v) is 16.9. The fourth-order valence-corrected chi connectivity index (χ4v) is 12.1. The molecule has 58 heavy (non-hydrogen) atoms. The summed E-state index contributed by atoms with van der Waals surface area (Å²) in [6.45, 7) is 0. The first kappa shape index (κ1) is 32.1. The number of benzene rings is 10. The highest BCUT2D eigenvalue weighted by atomic mass is 32.1. The maximum atomic E-state index is 2.57. The Morgan fingerprint density at radius 3 is 1.43 bits per heavy atom. The van der Waals surface area contributed by atoms with Gasteiger partial charge in [0.1, 0.15) is 0 Å². The number of fused-ring (bicyclic) bond motifs is 16. The first-order valence-corrected chi connectivity index (χ1v) is 21.0. The highest BCUT2D eigenvalue weighted by Gasteiger charge is 2.52. The van der Waals surface area contributed by atoms with Crippen molar-refractivity contribution in [1.29, 1.82) is 0 Å². The molecule has 0 nitrogen and oxygen atoms in total. The minimum absolute atomic E-state index is 0.455. The largest absolute Gasteiger partial charge is 0.134 e. The van der Waals surface area contributed by atoms with E-state index in [0.29, 0.717) is 0 Å². The lowest BCUT2D eigenvalue weighted by atomic mass is 9.70. The molecular weight excluding hydrogens is 717 g/mol. The average molecular weight is 751 g/mol. The van der Waals surface area contributed by atoms with E-state index in [1.54, 1.807) is 0 Å². The molecule has 0 N–H and O–H groups in total. The third kappa shape index (κ3) is 4.18. The van der Waals surface area contributed by atoms with E-state index in [-0.39, 0.29) is 0 Å². The van der Waals surface area contributed by atoms with Gasteiger partial charge >= 0.3 is 0 Å². The van der Waals surface area contributed by atoms with Crippen molar-refractivity contribution in [2.75, 3.05) is 0 Å². The van der Waals surface area contributed by atoms with Crippen LogP contribution >= 0.6 is 11.3 Å². The third-order valence-corrected chi connectivity index (χ3v) is 14.3. The second kappa shape index (κ2) is 12.0. The highest BCUT2D eigenvalue weighted by molar-refractivity contribution is 7.26. The Kier molecular flexibility index (Phi) is 6.62. The van der Waals surface area contributed by atoms with Crippen molar-refractivity contribution >= 4 is 53.1 Å². The van der Waals surface area contributed by atoms with Crippen molar-refractivity contribution in [1.82, 2.24) is 0 Å². The third-order valence-electron chi connectivity index (χ3n) is 13.1. The zero-order valence-electron chi connectivity index (χ0n) is 31.5. The minimum Gasteiger partial charge on any atom is -0.134 e. The molecule has 1 spiro atoms. The minimum atomic E-state index is -0.455. The standard InChI is InChI=1S/C57H34S/c1-3-15-35(16-4-1)37-27-29-41-46-31-32-50-55(56(46)58-52(41)34-37)47-30-28-38(33-51(47)57(50)48-25-13-11-19-39(48)40-20-12-14-26-49(40)57)54-44-23-9-7-21-42(44)53(36-17-5-2-6-18-36)43-22-8-10-24-45(43)54/h1-34H. The molecule has 11 aromatic rings. The summed E-state index contributed by atoms with van der Waals surface area (Å²) in [6.07, 6.45) is 0. The molecule has 0 bridgehead atoms. The number of hydrogen-bond donors (Lipinski definition) is 0. The highest BCUT2D eigenvalue weighted by Crippen LogP contribution is 2.65. The summed E-state index contributed by atoms with van der Waals surface area (Å²) in [5, 5.41) is 7.76. The zero-order chi connectivity index (χ0) is 38.0. The smallest absolute Gasteiger partial charge is 0.0726 e. The summed E-state index contributed by atoms with van der Waals surface area (Å²) in [6, 6.07) is 77.4. The lowest BCUT2D eigenvalue weighted by Gasteiger charge is -2.31. The van der Waals surface area contributed by atoms with Gasteiger partial charge in [0.25, 0.3) is 0 Å². The summed E-state index contributed by atoms with van der Waals surface area (Å²) in [4.78, 5) is 0. The van der Waals surface area contributed by atoms with Crippen LogP contribution in [0.2, 0.25) is 0 Å². The van der Waals surface area contributed by atoms with Crippen LogP contribution in [-0.4, -0.2) is 0 Å². The van der Waals surface area contributed by atoms with E-state index in [2.05, 4.69) is 206 Å². The van der Waals surface area contributed by atoms with E-state index in [4.69, 9.17) is 0 Å². The van der Waals surface area contributed by atoms with E-state index in [1.807, 2.05) is 11.3 Å². The van der Waals surface area contributed by atoms with Crippen LogP contribution < -0.4 is 0 Å². The van der Waals surface area contributed by atoms with Gasteiger partial charge in [-0.05, 0) is 106 Å². The van der Waals surface area contributed by atoms with Crippen LogP contribution in [0.25, 0.3) is 97.4 Å². The first-order valence-electron chi connectivity index (χ1n) is 20.2. The van der Waals surface area contributed by atoms with Crippen LogP contribution in [0.4, 0.5) is 0 Å². The summed E-state index contributed by atoms with van der Waals surface area (Å²) in [5.74, 6) is 0. The molecule has 2 aliphatic rings. The molecule has 0 unspecified atom stereocenters. The number of thiophene rings is 1. The van der Waals surface area contributed by atoms with E-state index in [0.717, 1.165) is 0 Å². The van der Waals surface area contributed by atoms with Gasteiger partial charge in [-0.15, -0.1) is 11.3 Å². The molecule has 1 heterocycles. The van der Waals surface area contributed by atoms with E-state index < -0.39 is 5.41 Å². The Morgan fingerprint density at radius 2 is 0.793 bits per heavy atom. The second-order valence-electron chi connectivity index (χ2n) is 15.9. The lowest BCUT2D eigenvalue weighted by Crippen LogP contribution is -2.25. The van der Waals surface area contributed by atoms with Gasteiger partial charge in [0.05, 0.1) is 5.41 Å². The Hall–Kier alpha value is -7.06. The first-order chi connectivity index (χ1) is 28.8. The van der Waals surface area contributed by atoms with Gasteiger partial charge in [-0.3, -0.25) is 0 Å². The van der Waals surface area contributed by atoms with Crippen LogP contribution in [0, 0.1) is 0 Å². The molecule has 0 amide bonds. The molecule has 0 saturated carbocycles. The summed E-state index contributed by atoms with van der Waals surface area (Å²) in [5.41, 5.74) is 18.0. The molecule has 0 radical (unpaired) electrons. The fourth-order valence-electron chi connectivity index (χ4n) is 10.8. The molecule has 0 aliphatic heterocycles. The Bertz CT molecular complexity index is 3390. The van der Waals surface area contributed by atoms with Gasteiger partial charge in [-0.2, -0.15) is 0 Å². The maximum absolute atomic E-state index is 2.57. The molecular formula is C57H34S. The summed E-state index contributed by atoms with van der Waals surface area (Å²) in [7, 11) is 0. The predicted molar refractivity (Wildman–Crippen MR) is 247 cm³/mol. The van der Waals surface area contributed by atoms with Crippen molar-refractivity contribution < 1.29 is 0 Å². The Balaban J connectivity index is 1.14. The molecule has 1 heteroatoms. The van der Waals surface area contributed by atoms with Gasteiger partial charge < -0.3 is 0 Å². The lowest BCUT2D eigenvalue weighted by molar-refractivity contribution is 0.795. The van der Waals surface area contributed by atoms with Crippen molar-refractivity contribution in [3.8, 4) is 55.6 Å². The fraction of sp³-hybridized carbons (Fsp3) is 0.0175. The predicted octanol–water partition coefficient (Wildman–Crippen LogP) is 15.7. The molecule has 0 atom stereocenters. The molecule has 10 aromatic carbocycles. The molecule has 2 aliphatic carbocycles. The van der Waals surface area contributed by atoms with Gasteiger partial charge in [0.2, 0.25) is 0 Å². The molecule has 268 valence electrons. The monoisotopic (exact) mass is 750 g/mol. The Morgan fingerprint density at radius 1 is 0.276 bits per heavy atom. The maximum Gasteiger partial charge on any atom is 0.0726 e. The van der Waals surface area contributed by atoms with Crippen molar-refractivity contribution in [2.24, 2.45) is 0 Å². The number of rotatable bonds is 3. The topological polar surface area (TPSA) is 0 Å². The molecule has 13 rings (SSSR count). The quantitative estimate of drug-likeness (QED) is 0.158. The molecule has 1 aromatic heterocycles. The SMILES string of the molecule is c1ccc(-c2ccc3c(c2)sc2c4c(ccc23)C2(c3ccccc3-c3ccccc32)c2cc(-c3c5ccccc5c(-c5ccccc5)c5ccccc35)ccc2-4)cc1. The van der Waals surface area contributed by atoms with Gasteiger partial charge in [-0.25, -0.2) is 0 Å². The van der Waals surface area contributed by atoms with E-state index in [9.17, 15) is 0 Å². The van der Waals surface area contributed by atoms with Crippen molar-refractivity contribution in [2.45, 2.75) is 5.41 Å². The summed E-state index contributed by atoms with van der Waals surface area (Å²) >= 11 is 1.95. The zero-order valence-corrected chi connectivity index (χ0v) is 32.4. The normalized spacial score (nSPS) is 13.3. The Labute approximate surface area is 340 Å². The van der Waals surface area contributed by atoms with Crippen LogP contribution in [0.5, 0.6) is 0 Å². The molecule has 0 fully saturated rings. The van der Waals surface area contributed by atoms with Crippen LogP contribution in [0.15, 0.2) is 206 Å².